The quantitative estimate of drug-likeness (QED) is 0.657. The van der Waals surface area contributed by atoms with Crippen LogP contribution in [0.25, 0.3) is 11.4 Å². The van der Waals surface area contributed by atoms with E-state index in [0.29, 0.717) is 28.5 Å². The number of aromatic nitrogens is 4. The number of hydrogen-bond donors (Lipinski definition) is 3. The minimum absolute atomic E-state index is 0.105. The minimum Gasteiger partial charge on any atom is -0.478 e. The molecule has 2 aromatic carbocycles. The number of amides is 2. The Hall–Kier alpha value is -3.75. The minimum atomic E-state index is -0.884. The molecule has 0 spiro atoms. The first-order valence-electron chi connectivity index (χ1n) is 7.89. The Bertz CT molecular complexity index is 957. The van der Waals surface area contributed by atoms with Crippen LogP contribution >= 0.6 is 0 Å². The standard InChI is InChI=1S/C17H14N6O3/c24-15(9-14-17(25)19-12-6-1-2-7-13(12)26-14)18-11-5-3-4-10(8-11)16-20-22-23-21-16/h1-8,14H,9H2,(H,18,24)(H,19,25)(H,20,21,22,23). The molecule has 130 valence electrons. The second-order valence-electron chi connectivity index (χ2n) is 5.66. The number of nitrogens with zero attached hydrogens (tertiary/aromatic N) is 3. The van der Waals surface area contributed by atoms with Crippen molar-refractivity contribution in [2.24, 2.45) is 0 Å². The number of rotatable bonds is 4. The Labute approximate surface area is 147 Å². The van der Waals surface area contributed by atoms with Crippen molar-refractivity contribution < 1.29 is 14.3 Å². The first-order valence-corrected chi connectivity index (χ1v) is 7.89. The van der Waals surface area contributed by atoms with E-state index in [1.807, 2.05) is 0 Å². The number of nitrogens with one attached hydrogen (secondary N) is 3. The Morgan fingerprint density at radius 3 is 2.92 bits per heavy atom. The lowest BCUT2D eigenvalue weighted by Gasteiger charge is -2.25. The highest BCUT2D eigenvalue weighted by atomic mass is 16.5. The van der Waals surface area contributed by atoms with E-state index in [1.54, 1.807) is 48.5 Å². The predicted octanol–water partition coefficient (Wildman–Crippen LogP) is 1.59. The van der Waals surface area contributed by atoms with E-state index in [-0.39, 0.29) is 18.2 Å². The van der Waals surface area contributed by atoms with Crippen LogP contribution in [-0.2, 0) is 9.59 Å². The van der Waals surface area contributed by atoms with Crippen molar-refractivity contribution in [2.75, 3.05) is 10.6 Å². The molecule has 0 saturated carbocycles. The van der Waals surface area contributed by atoms with E-state index in [2.05, 4.69) is 31.3 Å². The summed E-state index contributed by atoms with van der Waals surface area (Å²) in [4.78, 5) is 24.4. The molecule has 0 bridgehead atoms. The van der Waals surface area contributed by atoms with Crippen molar-refractivity contribution >= 4 is 23.2 Å². The molecular weight excluding hydrogens is 336 g/mol. The average molecular weight is 350 g/mol. The summed E-state index contributed by atoms with van der Waals surface area (Å²) in [6.45, 7) is 0. The third-order valence-electron chi connectivity index (χ3n) is 3.83. The smallest absolute Gasteiger partial charge is 0.266 e. The maximum Gasteiger partial charge on any atom is 0.266 e. The molecule has 2 heterocycles. The monoisotopic (exact) mass is 350 g/mol. The van der Waals surface area contributed by atoms with Crippen LogP contribution in [0.1, 0.15) is 6.42 Å². The lowest BCUT2D eigenvalue weighted by Crippen LogP contribution is -2.39. The van der Waals surface area contributed by atoms with E-state index < -0.39 is 6.10 Å². The van der Waals surface area contributed by atoms with Crippen molar-refractivity contribution in [3.63, 3.8) is 0 Å². The summed E-state index contributed by atoms with van der Waals surface area (Å²) in [5.41, 5.74) is 1.87. The van der Waals surface area contributed by atoms with Crippen molar-refractivity contribution in [1.82, 2.24) is 20.6 Å². The summed E-state index contributed by atoms with van der Waals surface area (Å²) in [6, 6.07) is 14.1. The van der Waals surface area contributed by atoms with E-state index in [1.165, 1.54) is 0 Å². The topological polar surface area (TPSA) is 122 Å². The number of anilines is 2. The van der Waals surface area contributed by atoms with Gasteiger partial charge in [0.15, 0.2) is 6.10 Å². The van der Waals surface area contributed by atoms with Gasteiger partial charge >= 0.3 is 0 Å². The van der Waals surface area contributed by atoms with E-state index in [4.69, 9.17) is 4.74 Å². The molecule has 0 saturated heterocycles. The molecule has 26 heavy (non-hydrogen) atoms. The number of aromatic amines is 1. The van der Waals surface area contributed by atoms with E-state index in [0.717, 1.165) is 0 Å². The van der Waals surface area contributed by atoms with Crippen LogP contribution in [0.15, 0.2) is 48.5 Å². The van der Waals surface area contributed by atoms with Crippen molar-refractivity contribution in [1.29, 1.82) is 0 Å². The molecule has 0 fully saturated rings. The molecule has 9 heteroatoms. The van der Waals surface area contributed by atoms with Gasteiger partial charge in [-0.05, 0) is 29.5 Å². The van der Waals surface area contributed by atoms with Gasteiger partial charge in [-0.25, -0.2) is 0 Å². The molecule has 0 radical (unpaired) electrons. The molecule has 1 unspecified atom stereocenters. The second-order valence-corrected chi connectivity index (χ2v) is 5.66. The lowest BCUT2D eigenvalue weighted by atomic mass is 10.1. The van der Waals surface area contributed by atoms with Crippen LogP contribution in [0.2, 0.25) is 0 Å². The Morgan fingerprint density at radius 1 is 1.19 bits per heavy atom. The van der Waals surface area contributed by atoms with Crippen LogP contribution in [0.3, 0.4) is 0 Å². The second kappa shape index (κ2) is 6.63. The van der Waals surface area contributed by atoms with Gasteiger partial charge in [0.25, 0.3) is 5.91 Å². The molecule has 1 aromatic heterocycles. The van der Waals surface area contributed by atoms with Crippen LogP contribution in [-0.4, -0.2) is 38.5 Å². The van der Waals surface area contributed by atoms with Crippen LogP contribution in [0.4, 0.5) is 11.4 Å². The molecule has 3 aromatic rings. The number of ether oxygens (including phenoxy) is 1. The fourth-order valence-corrected chi connectivity index (χ4v) is 2.63. The number of carbonyl (C=O) groups excluding carboxylic acids is 2. The summed E-state index contributed by atoms with van der Waals surface area (Å²) in [6.07, 6.45) is -0.989. The maximum absolute atomic E-state index is 12.3. The molecule has 3 N–H and O–H groups in total. The zero-order valence-electron chi connectivity index (χ0n) is 13.5. The summed E-state index contributed by atoms with van der Waals surface area (Å²) in [5.74, 6) is 0.283. The number of para-hydroxylation sites is 2. The Morgan fingerprint density at radius 2 is 2.08 bits per heavy atom. The third kappa shape index (κ3) is 3.22. The fourth-order valence-electron chi connectivity index (χ4n) is 2.63. The van der Waals surface area contributed by atoms with Gasteiger partial charge in [0.05, 0.1) is 12.1 Å². The van der Waals surface area contributed by atoms with Gasteiger partial charge in [0.2, 0.25) is 11.7 Å². The van der Waals surface area contributed by atoms with Crippen molar-refractivity contribution in [3.05, 3.63) is 48.5 Å². The Kier molecular flexibility index (Phi) is 4.02. The summed E-state index contributed by atoms with van der Waals surface area (Å²) in [7, 11) is 0. The van der Waals surface area contributed by atoms with Gasteiger partial charge in [-0.2, -0.15) is 5.21 Å². The first-order chi connectivity index (χ1) is 12.7. The highest BCUT2D eigenvalue weighted by molar-refractivity contribution is 6.02. The van der Waals surface area contributed by atoms with Gasteiger partial charge in [-0.3, -0.25) is 9.59 Å². The molecule has 2 amide bonds. The van der Waals surface area contributed by atoms with Crippen LogP contribution in [0, 0.1) is 0 Å². The number of carbonyl (C=O) groups is 2. The summed E-state index contributed by atoms with van der Waals surface area (Å²) < 4.78 is 5.63. The summed E-state index contributed by atoms with van der Waals surface area (Å²) in [5, 5.41) is 19.2. The number of benzene rings is 2. The summed E-state index contributed by atoms with van der Waals surface area (Å²) >= 11 is 0. The maximum atomic E-state index is 12.3. The average Bonchev–Trinajstić information content (AvgIpc) is 3.17. The van der Waals surface area contributed by atoms with Crippen LogP contribution < -0.4 is 15.4 Å². The lowest BCUT2D eigenvalue weighted by molar-refractivity contribution is -0.128. The van der Waals surface area contributed by atoms with E-state index in [9.17, 15) is 9.59 Å². The normalized spacial score (nSPS) is 15.5. The van der Waals surface area contributed by atoms with Gasteiger partial charge < -0.3 is 15.4 Å². The molecule has 1 aliphatic heterocycles. The highest BCUT2D eigenvalue weighted by Gasteiger charge is 2.29. The zero-order valence-corrected chi connectivity index (χ0v) is 13.5. The molecule has 1 atom stereocenters. The van der Waals surface area contributed by atoms with E-state index >= 15 is 0 Å². The molecule has 9 nitrogen and oxygen atoms in total. The predicted molar refractivity (Wildman–Crippen MR) is 92.3 cm³/mol. The van der Waals surface area contributed by atoms with Crippen molar-refractivity contribution in [3.8, 4) is 17.1 Å². The molecule has 0 aliphatic carbocycles. The van der Waals surface area contributed by atoms with Gasteiger partial charge in [-0.1, -0.05) is 24.3 Å². The number of fused-ring (bicyclic) bond motifs is 1. The number of tetrazole rings is 1. The van der Waals surface area contributed by atoms with Gasteiger partial charge in [0.1, 0.15) is 5.75 Å². The SMILES string of the molecule is O=C(CC1Oc2ccccc2NC1=O)Nc1cccc(-c2nn[nH]n2)c1. The van der Waals surface area contributed by atoms with Crippen molar-refractivity contribution in [2.45, 2.75) is 12.5 Å². The molecular formula is C17H14N6O3. The highest BCUT2D eigenvalue weighted by Crippen LogP contribution is 2.29. The van der Waals surface area contributed by atoms with Gasteiger partial charge in [0, 0.05) is 11.3 Å². The fraction of sp³-hybridized carbons (Fsp3) is 0.118. The number of H-pyrrole nitrogens is 1. The number of hydrogen-bond acceptors (Lipinski definition) is 6. The molecule has 4 rings (SSSR count). The Balaban J connectivity index is 1.43. The first kappa shape index (κ1) is 15.8. The third-order valence-corrected chi connectivity index (χ3v) is 3.83. The zero-order chi connectivity index (χ0) is 17.9. The molecule has 1 aliphatic rings. The van der Waals surface area contributed by atoms with Gasteiger partial charge in [-0.15, -0.1) is 10.2 Å². The largest absolute Gasteiger partial charge is 0.478 e. The van der Waals surface area contributed by atoms with Crippen LogP contribution in [0.5, 0.6) is 5.75 Å².